The highest BCUT2D eigenvalue weighted by Crippen LogP contribution is 2.37. The van der Waals surface area contributed by atoms with E-state index in [1.165, 1.54) is 25.6 Å². The number of halogens is 1. The molecule has 158 valence electrons. The Morgan fingerprint density at radius 2 is 1.97 bits per heavy atom. The number of aromatic nitrogens is 2. The molecule has 0 fully saturated rings. The minimum atomic E-state index is -0.338. The molecule has 1 amide bonds. The quantitative estimate of drug-likeness (QED) is 0.640. The van der Waals surface area contributed by atoms with Crippen molar-refractivity contribution in [3.05, 3.63) is 43.8 Å². The number of nitrogens with zero attached hydrogens (tertiary/aromatic N) is 2. The Kier molecular flexibility index (Phi) is 5.71. The van der Waals surface area contributed by atoms with Crippen LogP contribution in [0, 0.1) is 6.92 Å². The van der Waals surface area contributed by atoms with Crippen LogP contribution in [0.25, 0.3) is 10.2 Å². The van der Waals surface area contributed by atoms with Crippen LogP contribution in [0.15, 0.2) is 16.9 Å². The van der Waals surface area contributed by atoms with Gasteiger partial charge in [0, 0.05) is 19.0 Å². The molecule has 1 aromatic carbocycles. The number of carbonyl (C=O) groups excluding carboxylic acids is 1. The Bertz CT molecular complexity index is 1200. The second kappa shape index (κ2) is 8.28. The molecule has 9 heteroatoms. The zero-order valence-electron chi connectivity index (χ0n) is 17.0. The van der Waals surface area contributed by atoms with Crippen LogP contribution in [0.4, 0.5) is 5.69 Å². The van der Waals surface area contributed by atoms with Crippen molar-refractivity contribution in [2.75, 3.05) is 19.5 Å². The molecule has 2 aromatic heterocycles. The number of thiophene rings is 1. The van der Waals surface area contributed by atoms with Gasteiger partial charge in [0.05, 0.1) is 35.2 Å². The second-order valence-electron chi connectivity index (χ2n) is 7.17. The Labute approximate surface area is 182 Å². The molecule has 0 atom stereocenters. The first-order valence-corrected chi connectivity index (χ1v) is 10.9. The van der Waals surface area contributed by atoms with Gasteiger partial charge in [0.2, 0.25) is 0 Å². The van der Waals surface area contributed by atoms with E-state index < -0.39 is 0 Å². The number of nitrogens with one attached hydrogen (secondary N) is 1. The van der Waals surface area contributed by atoms with Crippen molar-refractivity contribution in [2.45, 2.75) is 39.2 Å². The number of carbonyl (C=O) groups is 1. The zero-order chi connectivity index (χ0) is 21.4. The van der Waals surface area contributed by atoms with Crippen LogP contribution in [0.3, 0.4) is 0 Å². The molecule has 0 saturated heterocycles. The summed E-state index contributed by atoms with van der Waals surface area (Å²) in [5, 5.41) is 3.72. The van der Waals surface area contributed by atoms with E-state index in [1.807, 2.05) is 0 Å². The van der Waals surface area contributed by atoms with Gasteiger partial charge in [-0.2, -0.15) is 0 Å². The summed E-state index contributed by atoms with van der Waals surface area (Å²) in [6.07, 6.45) is 3.86. The van der Waals surface area contributed by atoms with Gasteiger partial charge < -0.3 is 14.8 Å². The van der Waals surface area contributed by atoms with Crippen molar-refractivity contribution < 1.29 is 14.3 Å². The number of aryl methyl sites for hydroxylation is 2. The van der Waals surface area contributed by atoms with Gasteiger partial charge in [-0.25, -0.2) is 4.98 Å². The number of hydrogen-bond donors (Lipinski definition) is 1. The lowest BCUT2D eigenvalue weighted by Crippen LogP contribution is -2.24. The lowest BCUT2D eigenvalue weighted by molar-refractivity contribution is 0.102. The first-order chi connectivity index (χ1) is 14.4. The first-order valence-electron chi connectivity index (χ1n) is 9.70. The van der Waals surface area contributed by atoms with Gasteiger partial charge in [0.1, 0.15) is 22.2 Å². The molecule has 0 saturated carbocycles. The third-order valence-corrected chi connectivity index (χ3v) is 6.82. The van der Waals surface area contributed by atoms with Crippen molar-refractivity contribution in [1.29, 1.82) is 0 Å². The summed E-state index contributed by atoms with van der Waals surface area (Å²) in [4.78, 5) is 31.9. The average Bonchev–Trinajstić information content (AvgIpc) is 2.89. The summed E-state index contributed by atoms with van der Waals surface area (Å²) in [6.45, 7) is 2.47. The van der Waals surface area contributed by atoms with E-state index in [2.05, 4.69) is 5.32 Å². The number of methoxy groups -OCH3 is 2. The lowest BCUT2D eigenvalue weighted by Gasteiger charge is -2.13. The van der Waals surface area contributed by atoms with Gasteiger partial charge in [0.15, 0.2) is 0 Å². The summed E-state index contributed by atoms with van der Waals surface area (Å²) < 4.78 is 12.3. The zero-order valence-corrected chi connectivity index (χ0v) is 18.6. The van der Waals surface area contributed by atoms with Crippen LogP contribution in [0.2, 0.25) is 5.02 Å². The monoisotopic (exact) mass is 447 g/mol. The van der Waals surface area contributed by atoms with Gasteiger partial charge in [-0.1, -0.05) is 18.0 Å². The molecule has 0 bridgehead atoms. The standard InChI is InChI=1S/C21H22ClN3O4S/c1-11-17-20(24-16-7-5-4-6-8-25(16)21(17)27)30-18(11)19(26)23-13-9-12(22)14(28-2)10-15(13)29-3/h9-10H,4-8H2,1-3H3,(H,23,26). The smallest absolute Gasteiger partial charge is 0.266 e. The van der Waals surface area contributed by atoms with E-state index in [9.17, 15) is 9.59 Å². The molecule has 1 N–H and O–H groups in total. The fourth-order valence-electron chi connectivity index (χ4n) is 3.76. The highest BCUT2D eigenvalue weighted by atomic mass is 35.5. The lowest BCUT2D eigenvalue weighted by atomic mass is 10.2. The predicted octanol–water partition coefficient (Wildman–Crippen LogP) is 4.42. The number of hydrogen-bond acceptors (Lipinski definition) is 6. The summed E-state index contributed by atoms with van der Waals surface area (Å²) in [5.41, 5.74) is 1.00. The van der Waals surface area contributed by atoms with E-state index in [0.717, 1.165) is 31.5 Å². The van der Waals surface area contributed by atoms with Gasteiger partial charge >= 0.3 is 0 Å². The van der Waals surface area contributed by atoms with Crippen LogP contribution in [0.1, 0.15) is 40.3 Å². The van der Waals surface area contributed by atoms with Crippen molar-refractivity contribution in [2.24, 2.45) is 0 Å². The molecule has 0 aliphatic carbocycles. The predicted molar refractivity (Wildman–Crippen MR) is 119 cm³/mol. The largest absolute Gasteiger partial charge is 0.495 e. The Hall–Kier alpha value is -2.58. The van der Waals surface area contributed by atoms with E-state index in [0.29, 0.717) is 49.4 Å². The van der Waals surface area contributed by atoms with Gasteiger partial charge in [0.25, 0.3) is 11.5 Å². The van der Waals surface area contributed by atoms with Crippen molar-refractivity contribution >= 4 is 44.7 Å². The molecule has 1 aliphatic heterocycles. The number of rotatable bonds is 4. The van der Waals surface area contributed by atoms with E-state index >= 15 is 0 Å². The Balaban J connectivity index is 1.74. The normalized spacial score (nSPS) is 13.6. The molecule has 3 heterocycles. The van der Waals surface area contributed by atoms with Gasteiger partial charge in [-0.15, -0.1) is 11.3 Å². The molecular weight excluding hydrogens is 426 g/mol. The van der Waals surface area contributed by atoms with Crippen LogP contribution in [-0.2, 0) is 13.0 Å². The molecule has 4 rings (SSSR count). The molecule has 0 unspecified atom stereocenters. The van der Waals surface area contributed by atoms with Crippen molar-refractivity contribution in [3.63, 3.8) is 0 Å². The molecule has 3 aromatic rings. The second-order valence-corrected chi connectivity index (χ2v) is 8.58. The molecule has 0 radical (unpaired) electrons. The van der Waals surface area contributed by atoms with Crippen LogP contribution in [-0.4, -0.2) is 29.7 Å². The first kappa shape index (κ1) is 20.7. The summed E-state index contributed by atoms with van der Waals surface area (Å²) >= 11 is 7.44. The number of amides is 1. The minimum Gasteiger partial charge on any atom is -0.495 e. The maximum Gasteiger partial charge on any atom is 0.266 e. The maximum absolute atomic E-state index is 13.1. The van der Waals surface area contributed by atoms with Crippen molar-refractivity contribution in [1.82, 2.24) is 9.55 Å². The van der Waals surface area contributed by atoms with E-state index in [4.69, 9.17) is 26.1 Å². The highest BCUT2D eigenvalue weighted by molar-refractivity contribution is 7.20. The molecule has 1 aliphatic rings. The van der Waals surface area contributed by atoms with Crippen molar-refractivity contribution in [3.8, 4) is 11.5 Å². The number of fused-ring (bicyclic) bond motifs is 2. The van der Waals surface area contributed by atoms with Crippen LogP contribution < -0.4 is 20.3 Å². The fraction of sp³-hybridized carbons (Fsp3) is 0.381. The van der Waals surface area contributed by atoms with Crippen LogP contribution >= 0.6 is 22.9 Å². The molecule has 30 heavy (non-hydrogen) atoms. The summed E-state index contributed by atoms with van der Waals surface area (Å²) in [5.74, 6) is 1.34. The highest BCUT2D eigenvalue weighted by Gasteiger charge is 2.23. The topological polar surface area (TPSA) is 82.4 Å². The third-order valence-electron chi connectivity index (χ3n) is 5.34. The summed E-state index contributed by atoms with van der Waals surface area (Å²) in [6, 6.07) is 3.19. The molecule has 0 spiro atoms. The SMILES string of the molecule is COc1cc(OC)c(NC(=O)c2sc3nc4n(c(=O)c3c2C)CCCCC4)cc1Cl. The fourth-order valence-corrected chi connectivity index (χ4v) is 5.09. The van der Waals surface area contributed by atoms with E-state index in [1.54, 1.807) is 23.6 Å². The Morgan fingerprint density at radius 1 is 1.20 bits per heavy atom. The van der Waals surface area contributed by atoms with Gasteiger partial charge in [-0.05, 0) is 31.4 Å². The number of anilines is 1. The number of benzene rings is 1. The molecule has 7 nitrogen and oxygen atoms in total. The van der Waals surface area contributed by atoms with E-state index in [-0.39, 0.29) is 11.5 Å². The van der Waals surface area contributed by atoms with Crippen LogP contribution in [0.5, 0.6) is 11.5 Å². The Morgan fingerprint density at radius 3 is 2.70 bits per heavy atom. The molecular formula is C21H22ClN3O4S. The average molecular weight is 448 g/mol. The summed E-state index contributed by atoms with van der Waals surface area (Å²) in [7, 11) is 3.01. The third kappa shape index (κ3) is 3.54. The number of ether oxygens (including phenoxy) is 2. The minimum absolute atomic E-state index is 0.0604. The van der Waals surface area contributed by atoms with Gasteiger partial charge in [-0.3, -0.25) is 14.2 Å². The maximum atomic E-state index is 13.1.